The number of hydrogen-bond acceptors (Lipinski definition) is 4. The summed E-state index contributed by atoms with van der Waals surface area (Å²) >= 11 is 0. The summed E-state index contributed by atoms with van der Waals surface area (Å²) in [6.45, 7) is 0. The molecule has 0 aliphatic heterocycles. The van der Waals surface area contributed by atoms with Gasteiger partial charge in [0, 0.05) is 33.4 Å². The van der Waals surface area contributed by atoms with Crippen LogP contribution in [0.3, 0.4) is 0 Å². The Labute approximate surface area is 325 Å². The molecule has 0 bridgehead atoms. The molecule has 56 heavy (non-hydrogen) atoms. The van der Waals surface area contributed by atoms with Crippen LogP contribution in [0.2, 0.25) is 0 Å². The first kappa shape index (κ1) is 33.0. The molecule has 10 aromatic rings. The fourth-order valence-corrected chi connectivity index (χ4v) is 7.54. The van der Waals surface area contributed by atoms with E-state index in [1.807, 2.05) is 72.8 Å². The monoisotopic (exact) mass is 714 g/mol. The highest BCUT2D eigenvalue weighted by Crippen LogP contribution is 2.38. The Bertz CT molecular complexity index is 2870. The molecule has 0 unspecified atom stereocenters. The predicted molar refractivity (Wildman–Crippen MR) is 231 cm³/mol. The zero-order valence-corrected chi connectivity index (χ0v) is 30.4. The second-order valence-electron chi connectivity index (χ2n) is 13.8. The van der Waals surface area contributed by atoms with Gasteiger partial charge in [0.1, 0.15) is 0 Å². The maximum atomic E-state index is 5.15. The minimum absolute atomic E-state index is 0.696. The van der Waals surface area contributed by atoms with E-state index in [4.69, 9.17) is 19.9 Å². The number of hydrogen-bond donors (Lipinski definition) is 0. The molecule has 0 saturated heterocycles. The Kier molecular flexibility index (Phi) is 8.47. The van der Waals surface area contributed by atoms with Crippen molar-refractivity contribution in [2.75, 3.05) is 0 Å². The third kappa shape index (κ3) is 6.29. The van der Waals surface area contributed by atoms with E-state index in [0.717, 1.165) is 72.5 Å². The number of rotatable bonds is 7. The topological polar surface area (TPSA) is 51.6 Å². The van der Waals surface area contributed by atoms with Gasteiger partial charge in [0.15, 0.2) is 11.6 Å². The smallest absolute Gasteiger partial charge is 0.161 e. The minimum Gasteiger partial charge on any atom is -0.228 e. The van der Waals surface area contributed by atoms with Crippen LogP contribution >= 0.6 is 0 Å². The van der Waals surface area contributed by atoms with Crippen LogP contribution in [0, 0.1) is 0 Å². The van der Waals surface area contributed by atoms with Gasteiger partial charge < -0.3 is 0 Å². The van der Waals surface area contributed by atoms with Crippen molar-refractivity contribution < 1.29 is 0 Å². The maximum absolute atomic E-state index is 5.15. The van der Waals surface area contributed by atoms with Gasteiger partial charge in [0.2, 0.25) is 0 Å². The number of nitrogens with zero attached hydrogens (tertiary/aromatic N) is 4. The van der Waals surface area contributed by atoms with Gasteiger partial charge in [0.05, 0.1) is 22.8 Å². The van der Waals surface area contributed by atoms with Crippen molar-refractivity contribution in [3.8, 4) is 78.9 Å². The van der Waals surface area contributed by atoms with Crippen LogP contribution in [0.1, 0.15) is 0 Å². The van der Waals surface area contributed by atoms with Crippen molar-refractivity contribution in [2.45, 2.75) is 0 Å². The molecule has 0 saturated carbocycles. The fourth-order valence-electron chi connectivity index (χ4n) is 7.54. The van der Waals surface area contributed by atoms with E-state index in [9.17, 15) is 0 Å². The second kappa shape index (κ2) is 14.3. The lowest BCUT2D eigenvalue weighted by atomic mass is 9.92. The highest BCUT2D eigenvalue weighted by Gasteiger charge is 2.16. The van der Waals surface area contributed by atoms with Gasteiger partial charge in [0.25, 0.3) is 0 Å². The zero-order valence-electron chi connectivity index (χ0n) is 30.4. The van der Waals surface area contributed by atoms with Crippen LogP contribution in [-0.4, -0.2) is 19.9 Å². The van der Waals surface area contributed by atoms with Gasteiger partial charge in [-0.25, -0.2) is 19.9 Å². The first-order chi connectivity index (χ1) is 27.7. The van der Waals surface area contributed by atoms with Crippen LogP contribution in [0.4, 0.5) is 0 Å². The molecule has 0 fully saturated rings. The van der Waals surface area contributed by atoms with E-state index in [-0.39, 0.29) is 0 Å². The van der Waals surface area contributed by atoms with E-state index in [2.05, 4.69) is 133 Å². The quantitative estimate of drug-likeness (QED) is 0.154. The number of aromatic nitrogens is 4. The van der Waals surface area contributed by atoms with Crippen LogP contribution in [-0.2, 0) is 0 Å². The second-order valence-corrected chi connectivity index (χ2v) is 13.8. The normalized spacial score (nSPS) is 11.2. The van der Waals surface area contributed by atoms with Crippen molar-refractivity contribution in [1.29, 1.82) is 0 Å². The summed E-state index contributed by atoms with van der Waals surface area (Å²) in [6.07, 6.45) is 0. The molecule has 10 rings (SSSR count). The largest absolute Gasteiger partial charge is 0.228 e. The molecule has 4 heteroatoms. The van der Waals surface area contributed by atoms with E-state index in [1.54, 1.807) is 0 Å². The van der Waals surface area contributed by atoms with Crippen molar-refractivity contribution in [3.63, 3.8) is 0 Å². The first-order valence-corrected chi connectivity index (χ1v) is 18.8. The standard InChI is InChI=1S/C52H34N4/c1-5-15-36(16-6-1)47-33-48(37-17-7-2-8-18-37)54-51(53-47)40-29-27-35(28-30-40)41-23-13-24-42-43-25-14-26-46(45(43)32-31-44(41)42)52-55-49(38-19-9-3-10-20-38)34-50(56-52)39-21-11-4-12-22-39/h1-34H. The summed E-state index contributed by atoms with van der Waals surface area (Å²) in [5.74, 6) is 1.40. The van der Waals surface area contributed by atoms with Gasteiger partial charge in [-0.15, -0.1) is 0 Å². The Morgan fingerprint density at radius 1 is 0.214 bits per heavy atom. The van der Waals surface area contributed by atoms with E-state index in [0.29, 0.717) is 11.6 Å². The van der Waals surface area contributed by atoms with Gasteiger partial charge >= 0.3 is 0 Å². The molecular weight excluding hydrogens is 681 g/mol. The third-order valence-electron chi connectivity index (χ3n) is 10.3. The summed E-state index contributed by atoms with van der Waals surface area (Å²) < 4.78 is 0. The van der Waals surface area contributed by atoms with Crippen molar-refractivity contribution in [3.05, 3.63) is 206 Å². The van der Waals surface area contributed by atoms with Gasteiger partial charge in [-0.05, 0) is 44.8 Å². The summed E-state index contributed by atoms with van der Waals surface area (Å²) in [6, 6.07) is 71.5. The molecule has 8 aromatic carbocycles. The van der Waals surface area contributed by atoms with Gasteiger partial charge in [-0.3, -0.25) is 0 Å². The molecule has 0 N–H and O–H groups in total. The Morgan fingerprint density at radius 2 is 0.571 bits per heavy atom. The van der Waals surface area contributed by atoms with Crippen molar-refractivity contribution >= 4 is 21.5 Å². The van der Waals surface area contributed by atoms with Crippen molar-refractivity contribution in [1.82, 2.24) is 19.9 Å². The van der Waals surface area contributed by atoms with E-state index < -0.39 is 0 Å². The zero-order chi connectivity index (χ0) is 37.3. The lowest BCUT2D eigenvalue weighted by Crippen LogP contribution is -1.96. The molecule has 4 nitrogen and oxygen atoms in total. The first-order valence-electron chi connectivity index (χ1n) is 18.8. The molecule has 2 aromatic heterocycles. The molecule has 0 aliphatic carbocycles. The SMILES string of the molecule is c1ccc(-c2cc(-c3ccccc3)nc(-c3ccc(-c4cccc5c4ccc4c(-c6nc(-c7ccccc7)cc(-c7ccccc7)n6)cccc45)cc3)n2)cc1. The average molecular weight is 715 g/mol. The third-order valence-corrected chi connectivity index (χ3v) is 10.3. The Balaban J connectivity index is 1.05. The molecule has 2 heterocycles. The highest BCUT2D eigenvalue weighted by molar-refractivity contribution is 6.15. The highest BCUT2D eigenvalue weighted by atomic mass is 14.9. The summed E-state index contributed by atoms with van der Waals surface area (Å²) in [4.78, 5) is 20.4. The molecule has 0 atom stereocenters. The van der Waals surface area contributed by atoms with Crippen LogP contribution < -0.4 is 0 Å². The molecule has 0 amide bonds. The molecule has 0 radical (unpaired) electrons. The summed E-state index contributed by atoms with van der Waals surface area (Å²) in [5, 5.41) is 4.64. The Hall–Kier alpha value is -7.56. The minimum atomic E-state index is 0.696. The molecule has 262 valence electrons. The van der Waals surface area contributed by atoms with Crippen LogP contribution in [0.5, 0.6) is 0 Å². The maximum Gasteiger partial charge on any atom is 0.161 e. The van der Waals surface area contributed by atoms with Gasteiger partial charge in [-0.1, -0.05) is 194 Å². The van der Waals surface area contributed by atoms with Gasteiger partial charge in [-0.2, -0.15) is 0 Å². The fraction of sp³-hybridized carbons (Fsp3) is 0. The molecule has 0 spiro atoms. The number of fused-ring (bicyclic) bond motifs is 3. The van der Waals surface area contributed by atoms with Crippen LogP contribution in [0.15, 0.2) is 206 Å². The van der Waals surface area contributed by atoms with E-state index >= 15 is 0 Å². The van der Waals surface area contributed by atoms with Crippen LogP contribution in [0.25, 0.3) is 100 Å². The summed E-state index contributed by atoms with van der Waals surface area (Å²) in [5.41, 5.74) is 12.1. The summed E-state index contributed by atoms with van der Waals surface area (Å²) in [7, 11) is 0. The Morgan fingerprint density at radius 3 is 1.00 bits per heavy atom. The molecular formula is C52H34N4. The molecule has 0 aliphatic rings. The van der Waals surface area contributed by atoms with E-state index in [1.165, 1.54) is 16.3 Å². The average Bonchev–Trinajstić information content (AvgIpc) is 3.29. The lowest BCUT2D eigenvalue weighted by molar-refractivity contribution is 1.18. The number of benzene rings is 8. The lowest BCUT2D eigenvalue weighted by Gasteiger charge is -2.14. The van der Waals surface area contributed by atoms with Crippen molar-refractivity contribution in [2.24, 2.45) is 0 Å². The predicted octanol–water partition coefficient (Wildman–Crippen LogP) is 13.2.